The highest BCUT2D eigenvalue weighted by atomic mass is 35.5. The van der Waals surface area contributed by atoms with Crippen LogP contribution in [0, 0.1) is 5.92 Å². The van der Waals surface area contributed by atoms with Crippen molar-refractivity contribution in [3.05, 3.63) is 31.4 Å². The third kappa shape index (κ3) is 4.45. The normalized spacial score (nSPS) is 19.0. The van der Waals surface area contributed by atoms with E-state index in [9.17, 15) is 4.79 Å². The molecule has 2 aromatic rings. The van der Waals surface area contributed by atoms with E-state index in [0.717, 1.165) is 31.2 Å². The number of halogens is 2. The molecule has 0 aliphatic carbocycles. The maximum Gasteiger partial charge on any atom is 0.259 e. The van der Waals surface area contributed by atoms with E-state index in [1.807, 2.05) is 5.38 Å². The van der Waals surface area contributed by atoms with Crippen LogP contribution in [-0.4, -0.2) is 28.9 Å². The van der Waals surface area contributed by atoms with E-state index in [-0.39, 0.29) is 5.91 Å². The largest absolute Gasteiger partial charge is 0.298 e. The first kappa shape index (κ1) is 17.2. The lowest BCUT2D eigenvalue weighted by molar-refractivity contribution is 0.102. The summed E-state index contributed by atoms with van der Waals surface area (Å²) in [6.07, 6.45) is 2.55. The Morgan fingerprint density at radius 2 is 2.35 bits per heavy atom. The Morgan fingerprint density at radius 1 is 1.52 bits per heavy atom. The molecule has 1 fully saturated rings. The van der Waals surface area contributed by atoms with Crippen LogP contribution in [0.5, 0.6) is 0 Å². The highest BCUT2D eigenvalue weighted by molar-refractivity contribution is 7.20. The van der Waals surface area contributed by atoms with Crippen molar-refractivity contribution in [3.8, 4) is 0 Å². The SMILES string of the molecule is CC1CCCN(Cc2csc(NC(=O)c3cc(Cl)sc3Cl)n2)C1. The molecule has 3 heterocycles. The van der Waals surface area contributed by atoms with Crippen LogP contribution in [0.15, 0.2) is 11.4 Å². The van der Waals surface area contributed by atoms with Gasteiger partial charge >= 0.3 is 0 Å². The van der Waals surface area contributed by atoms with Crippen molar-refractivity contribution >= 4 is 56.9 Å². The zero-order valence-corrected chi connectivity index (χ0v) is 15.8. The Morgan fingerprint density at radius 3 is 3.04 bits per heavy atom. The molecule has 1 amide bonds. The zero-order chi connectivity index (χ0) is 16.4. The van der Waals surface area contributed by atoms with Gasteiger partial charge in [-0.3, -0.25) is 15.0 Å². The number of rotatable bonds is 4. The predicted molar refractivity (Wildman–Crippen MR) is 98.1 cm³/mol. The second-order valence-corrected chi connectivity index (χ2v) is 8.96. The zero-order valence-electron chi connectivity index (χ0n) is 12.6. The van der Waals surface area contributed by atoms with Gasteiger partial charge in [-0.15, -0.1) is 22.7 Å². The van der Waals surface area contributed by atoms with E-state index in [2.05, 4.69) is 22.1 Å². The number of anilines is 1. The summed E-state index contributed by atoms with van der Waals surface area (Å²) in [6.45, 7) is 5.35. The quantitative estimate of drug-likeness (QED) is 0.800. The van der Waals surface area contributed by atoms with Gasteiger partial charge in [-0.2, -0.15) is 0 Å². The Labute approximate surface area is 153 Å². The smallest absolute Gasteiger partial charge is 0.259 e. The number of hydrogen-bond acceptors (Lipinski definition) is 5. The fourth-order valence-corrected chi connectivity index (χ4v) is 4.91. The number of carbonyl (C=O) groups excluding carboxylic acids is 1. The molecule has 0 aromatic carbocycles. The second-order valence-electron chi connectivity index (χ2n) is 5.82. The maximum atomic E-state index is 12.2. The summed E-state index contributed by atoms with van der Waals surface area (Å²) < 4.78 is 0.894. The lowest BCUT2D eigenvalue weighted by Crippen LogP contribution is -2.33. The molecule has 23 heavy (non-hydrogen) atoms. The summed E-state index contributed by atoms with van der Waals surface area (Å²) in [5.41, 5.74) is 1.39. The molecule has 1 aliphatic rings. The van der Waals surface area contributed by atoms with Gasteiger partial charge in [0.25, 0.3) is 5.91 Å². The molecule has 1 aliphatic heterocycles. The summed E-state index contributed by atoms with van der Waals surface area (Å²) in [7, 11) is 0. The van der Waals surface area contributed by atoms with Crippen molar-refractivity contribution in [3.63, 3.8) is 0 Å². The van der Waals surface area contributed by atoms with Gasteiger partial charge in [0.2, 0.25) is 0 Å². The molecule has 4 nitrogen and oxygen atoms in total. The lowest BCUT2D eigenvalue weighted by Gasteiger charge is -2.30. The standard InChI is InChI=1S/C15H17Cl2N3OS2/c1-9-3-2-4-20(6-9)7-10-8-22-15(18-10)19-14(21)11-5-12(16)23-13(11)17/h5,8-9H,2-4,6-7H2,1H3,(H,18,19,21). The average Bonchev–Trinajstić information content (AvgIpc) is 3.05. The fraction of sp³-hybridized carbons (Fsp3) is 0.467. The van der Waals surface area contributed by atoms with E-state index in [1.165, 1.54) is 35.5 Å². The molecule has 1 atom stereocenters. The molecular weight excluding hydrogens is 373 g/mol. The highest BCUT2D eigenvalue weighted by Gasteiger charge is 2.19. The van der Waals surface area contributed by atoms with Crippen molar-refractivity contribution in [1.29, 1.82) is 0 Å². The van der Waals surface area contributed by atoms with Crippen LogP contribution < -0.4 is 5.32 Å². The second kappa shape index (κ2) is 7.49. The first-order valence-electron chi connectivity index (χ1n) is 7.44. The molecule has 124 valence electrons. The number of nitrogens with zero attached hydrogens (tertiary/aromatic N) is 2. The molecule has 0 saturated carbocycles. The predicted octanol–water partition coefficient (Wildman–Crippen LogP) is 5.00. The van der Waals surface area contributed by atoms with Gasteiger partial charge in [0.15, 0.2) is 5.13 Å². The Bertz CT molecular complexity index is 701. The molecule has 0 bridgehead atoms. The number of carbonyl (C=O) groups is 1. The van der Waals surface area contributed by atoms with Crippen molar-refractivity contribution in [2.45, 2.75) is 26.3 Å². The summed E-state index contributed by atoms with van der Waals surface area (Å²) >= 11 is 14.5. The molecule has 1 saturated heterocycles. The number of nitrogens with one attached hydrogen (secondary N) is 1. The van der Waals surface area contributed by atoms with Gasteiger partial charge in [-0.1, -0.05) is 30.1 Å². The van der Waals surface area contributed by atoms with Gasteiger partial charge in [-0.05, 0) is 31.4 Å². The van der Waals surface area contributed by atoms with Gasteiger partial charge in [-0.25, -0.2) is 4.98 Å². The molecule has 3 rings (SSSR count). The minimum absolute atomic E-state index is 0.273. The summed E-state index contributed by atoms with van der Waals surface area (Å²) in [6, 6.07) is 1.58. The molecule has 1 unspecified atom stereocenters. The molecular formula is C15H17Cl2N3OS2. The minimum Gasteiger partial charge on any atom is -0.298 e. The van der Waals surface area contributed by atoms with Crippen molar-refractivity contribution < 1.29 is 4.79 Å². The lowest BCUT2D eigenvalue weighted by atomic mass is 10.0. The van der Waals surface area contributed by atoms with Crippen LogP contribution in [0.25, 0.3) is 0 Å². The van der Waals surface area contributed by atoms with Crippen molar-refractivity contribution in [1.82, 2.24) is 9.88 Å². The van der Waals surface area contributed by atoms with E-state index in [1.54, 1.807) is 6.07 Å². The van der Waals surface area contributed by atoms with Crippen LogP contribution in [0.4, 0.5) is 5.13 Å². The van der Waals surface area contributed by atoms with Crippen molar-refractivity contribution in [2.75, 3.05) is 18.4 Å². The van der Waals surface area contributed by atoms with E-state index in [0.29, 0.717) is 19.4 Å². The number of amides is 1. The Balaban J connectivity index is 1.61. The number of aromatic nitrogens is 1. The molecule has 8 heteroatoms. The number of piperidine rings is 1. The summed E-state index contributed by atoms with van der Waals surface area (Å²) in [5, 5.41) is 5.38. The van der Waals surface area contributed by atoms with Gasteiger partial charge in [0, 0.05) is 18.5 Å². The van der Waals surface area contributed by atoms with Crippen LogP contribution in [0.2, 0.25) is 8.67 Å². The van der Waals surface area contributed by atoms with E-state index in [4.69, 9.17) is 23.2 Å². The van der Waals surface area contributed by atoms with Gasteiger partial charge in [0.1, 0.15) is 4.34 Å². The monoisotopic (exact) mass is 389 g/mol. The maximum absolute atomic E-state index is 12.2. The average molecular weight is 390 g/mol. The van der Waals surface area contributed by atoms with Gasteiger partial charge in [0.05, 0.1) is 15.6 Å². The number of thiazole rings is 1. The van der Waals surface area contributed by atoms with Crippen LogP contribution in [0.1, 0.15) is 35.8 Å². The molecule has 0 spiro atoms. The van der Waals surface area contributed by atoms with Crippen molar-refractivity contribution in [2.24, 2.45) is 5.92 Å². The summed E-state index contributed by atoms with van der Waals surface area (Å²) in [4.78, 5) is 19.1. The third-order valence-corrected chi connectivity index (χ3v) is 6.09. The van der Waals surface area contributed by atoms with E-state index < -0.39 is 0 Å². The Hall–Kier alpha value is -0.660. The topological polar surface area (TPSA) is 45.2 Å². The Kier molecular flexibility index (Phi) is 5.59. The van der Waals surface area contributed by atoms with Crippen LogP contribution in [0.3, 0.4) is 0 Å². The highest BCUT2D eigenvalue weighted by Crippen LogP contribution is 2.32. The number of thiophene rings is 1. The van der Waals surface area contributed by atoms with E-state index >= 15 is 0 Å². The first-order chi connectivity index (χ1) is 11.0. The van der Waals surface area contributed by atoms with Crippen LogP contribution >= 0.6 is 45.9 Å². The number of likely N-dealkylation sites (tertiary alicyclic amines) is 1. The van der Waals surface area contributed by atoms with Crippen LogP contribution in [-0.2, 0) is 6.54 Å². The third-order valence-electron chi connectivity index (χ3n) is 3.80. The minimum atomic E-state index is -0.273. The molecule has 2 aromatic heterocycles. The molecule has 0 radical (unpaired) electrons. The first-order valence-corrected chi connectivity index (χ1v) is 9.89. The fourth-order valence-electron chi connectivity index (χ4n) is 2.76. The van der Waals surface area contributed by atoms with Gasteiger partial charge < -0.3 is 0 Å². The summed E-state index contributed by atoms with van der Waals surface area (Å²) in [5.74, 6) is 0.470. The number of hydrogen-bond donors (Lipinski definition) is 1. The molecule has 1 N–H and O–H groups in total.